The standard InChI is InChI=1S/C16H26N2O2S/c1-2-10-17-11-5-6-13-21(19,20)18-12-9-15-7-3-4-8-16(15)14-18/h3-4,7-8,17H,2,5-6,9-14H2,1H3. The van der Waals surface area contributed by atoms with E-state index < -0.39 is 10.0 Å². The van der Waals surface area contributed by atoms with Crippen LogP contribution in [0.5, 0.6) is 0 Å². The lowest BCUT2D eigenvalue weighted by Crippen LogP contribution is -2.37. The molecular formula is C16H26N2O2S. The third-order valence-electron chi connectivity index (χ3n) is 3.92. The summed E-state index contributed by atoms with van der Waals surface area (Å²) in [7, 11) is -3.11. The number of hydrogen-bond acceptors (Lipinski definition) is 3. The molecule has 118 valence electrons. The van der Waals surface area contributed by atoms with E-state index in [1.165, 1.54) is 5.56 Å². The molecule has 1 aromatic rings. The molecule has 1 heterocycles. The quantitative estimate of drug-likeness (QED) is 0.749. The fourth-order valence-electron chi connectivity index (χ4n) is 2.67. The smallest absolute Gasteiger partial charge is 0.214 e. The van der Waals surface area contributed by atoms with Crippen LogP contribution in [-0.2, 0) is 23.0 Å². The number of nitrogens with one attached hydrogen (secondary N) is 1. The SMILES string of the molecule is CCCNCCCCS(=O)(=O)N1CCc2ccccc2C1. The van der Waals surface area contributed by atoms with Gasteiger partial charge in [-0.05, 0) is 49.9 Å². The van der Waals surface area contributed by atoms with Crippen LogP contribution in [0.1, 0.15) is 37.3 Å². The molecule has 0 amide bonds. The molecule has 0 spiro atoms. The van der Waals surface area contributed by atoms with E-state index in [1.807, 2.05) is 18.2 Å². The molecule has 0 atom stereocenters. The zero-order valence-electron chi connectivity index (χ0n) is 12.8. The number of rotatable bonds is 8. The second-order valence-corrected chi connectivity index (χ2v) is 7.71. The maximum Gasteiger partial charge on any atom is 0.214 e. The van der Waals surface area contributed by atoms with E-state index >= 15 is 0 Å². The molecule has 0 aromatic heterocycles. The van der Waals surface area contributed by atoms with Crippen molar-refractivity contribution in [2.24, 2.45) is 0 Å². The average molecular weight is 310 g/mol. The van der Waals surface area contributed by atoms with E-state index in [2.05, 4.69) is 18.3 Å². The van der Waals surface area contributed by atoms with Crippen molar-refractivity contribution in [3.8, 4) is 0 Å². The molecule has 1 aliphatic heterocycles. The molecule has 0 aliphatic carbocycles. The van der Waals surface area contributed by atoms with E-state index in [4.69, 9.17) is 0 Å². The van der Waals surface area contributed by atoms with Crippen LogP contribution in [0, 0.1) is 0 Å². The zero-order chi connectivity index (χ0) is 15.1. The first-order valence-electron chi connectivity index (χ1n) is 7.89. The van der Waals surface area contributed by atoms with Gasteiger partial charge in [0.1, 0.15) is 0 Å². The van der Waals surface area contributed by atoms with Crippen LogP contribution < -0.4 is 5.32 Å². The van der Waals surface area contributed by atoms with Crippen molar-refractivity contribution >= 4 is 10.0 Å². The van der Waals surface area contributed by atoms with Crippen LogP contribution in [0.3, 0.4) is 0 Å². The molecule has 21 heavy (non-hydrogen) atoms. The van der Waals surface area contributed by atoms with Gasteiger partial charge < -0.3 is 5.32 Å². The van der Waals surface area contributed by atoms with E-state index in [-0.39, 0.29) is 5.75 Å². The van der Waals surface area contributed by atoms with Gasteiger partial charge in [-0.1, -0.05) is 31.2 Å². The third-order valence-corrected chi connectivity index (χ3v) is 5.82. The van der Waals surface area contributed by atoms with Crippen molar-refractivity contribution in [2.45, 2.75) is 39.2 Å². The van der Waals surface area contributed by atoms with E-state index in [1.54, 1.807) is 4.31 Å². The number of benzene rings is 1. The van der Waals surface area contributed by atoms with Gasteiger partial charge in [-0.25, -0.2) is 8.42 Å². The van der Waals surface area contributed by atoms with Gasteiger partial charge in [-0.15, -0.1) is 0 Å². The summed E-state index contributed by atoms with van der Waals surface area (Å²) in [6, 6.07) is 8.13. The minimum absolute atomic E-state index is 0.267. The third kappa shape index (κ3) is 4.80. The molecular weight excluding hydrogens is 284 g/mol. The second-order valence-electron chi connectivity index (χ2n) is 5.63. The molecule has 1 aliphatic rings. The summed E-state index contributed by atoms with van der Waals surface area (Å²) in [5, 5.41) is 3.31. The summed E-state index contributed by atoms with van der Waals surface area (Å²) in [6.45, 7) is 5.20. The Morgan fingerprint density at radius 2 is 1.90 bits per heavy atom. The van der Waals surface area contributed by atoms with Crippen LogP contribution in [0.2, 0.25) is 0 Å². The summed E-state index contributed by atoms with van der Waals surface area (Å²) >= 11 is 0. The average Bonchev–Trinajstić information content (AvgIpc) is 2.50. The Morgan fingerprint density at radius 3 is 2.67 bits per heavy atom. The number of unbranched alkanes of at least 4 members (excludes halogenated alkanes) is 1. The largest absolute Gasteiger partial charge is 0.317 e. The summed E-state index contributed by atoms with van der Waals surface area (Å²) in [5.74, 6) is 0.267. The molecule has 0 fully saturated rings. The van der Waals surface area contributed by atoms with Crippen molar-refractivity contribution in [1.29, 1.82) is 0 Å². The van der Waals surface area contributed by atoms with Crippen molar-refractivity contribution in [3.63, 3.8) is 0 Å². The van der Waals surface area contributed by atoms with Crippen molar-refractivity contribution < 1.29 is 8.42 Å². The highest BCUT2D eigenvalue weighted by Gasteiger charge is 2.25. The van der Waals surface area contributed by atoms with Crippen LogP contribution in [0.25, 0.3) is 0 Å². The van der Waals surface area contributed by atoms with Gasteiger partial charge in [0, 0.05) is 13.1 Å². The van der Waals surface area contributed by atoms with Crippen LogP contribution in [0.15, 0.2) is 24.3 Å². The van der Waals surface area contributed by atoms with E-state index in [0.29, 0.717) is 13.1 Å². The van der Waals surface area contributed by atoms with Crippen LogP contribution in [-0.4, -0.2) is 38.1 Å². The molecule has 5 heteroatoms. The maximum atomic E-state index is 12.4. The van der Waals surface area contributed by atoms with Gasteiger partial charge in [0.05, 0.1) is 5.75 Å². The fraction of sp³-hybridized carbons (Fsp3) is 0.625. The van der Waals surface area contributed by atoms with E-state index in [0.717, 1.165) is 44.3 Å². The first-order valence-corrected chi connectivity index (χ1v) is 9.49. The number of hydrogen-bond donors (Lipinski definition) is 1. The molecule has 1 N–H and O–H groups in total. The number of nitrogens with zero attached hydrogens (tertiary/aromatic N) is 1. The molecule has 1 aromatic carbocycles. The second kappa shape index (κ2) is 7.92. The van der Waals surface area contributed by atoms with E-state index in [9.17, 15) is 8.42 Å². The minimum atomic E-state index is -3.11. The Bertz CT molecular complexity index is 543. The summed E-state index contributed by atoms with van der Waals surface area (Å²) in [6.07, 6.45) is 3.60. The number of sulfonamides is 1. The highest BCUT2D eigenvalue weighted by molar-refractivity contribution is 7.89. The van der Waals surface area contributed by atoms with Gasteiger partial charge >= 0.3 is 0 Å². The summed E-state index contributed by atoms with van der Waals surface area (Å²) in [4.78, 5) is 0. The Morgan fingerprint density at radius 1 is 1.14 bits per heavy atom. The van der Waals surface area contributed by atoms with Gasteiger partial charge in [-0.3, -0.25) is 0 Å². The lowest BCUT2D eigenvalue weighted by Gasteiger charge is -2.28. The lowest BCUT2D eigenvalue weighted by molar-refractivity contribution is 0.390. The van der Waals surface area contributed by atoms with Gasteiger partial charge in [0.25, 0.3) is 0 Å². The van der Waals surface area contributed by atoms with Gasteiger partial charge in [-0.2, -0.15) is 4.31 Å². The molecule has 0 bridgehead atoms. The summed E-state index contributed by atoms with van der Waals surface area (Å²) < 4.78 is 26.4. The van der Waals surface area contributed by atoms with Gasteiger partial charge in [0.15, 0.2) is 0 Å². The summed E-state index contributed by atoms with van der Waals surface area (Å²) in [5.41, 5.74) is 2.43. The van der Waals surface area contributed by atoms with Gasteiger partial charge in [0.2, 0.25) is 10.0 Å². The number of fused-ring (bicyclic) bond motifs is 1. The Kier molecular flexibility index (Phi) is 6.21. The zero-order valence-corrected chi connectivity index (χ0v) is 13.7. The first-order chi connectivity index (χ1) is 10.1. The molecule has 0 saturated heterocycles. The Balaban J connectivity index is 1.81. The molecule has 0 radical (unpaired) electrons. The predicted molar refractivity (Wildman–Crippen MR) is 86.7 cm³/mol. The maximum absolute atomic E-state index is 12.4. The molecule has 0 saturated carbocycles. The highest BCUT2D eigenvalue weighted by atomic mass is 32.2. The minimum Gasteiger partial charge on any atom is -0.317 e. The Hall–Kier alpha value is -0.910. The molecule has 4 nitrogen and oxygen atoms in total. The monoisotopic (exact) mass is 310 g/mol. The van der Waals surface area contributed by atoms with Crippen LogP contribution in [0.4, 0.5) is 0 Å². The Labute approximate surface area is 128 Å². The fourth-order valence-corrected chi connectivity index (χ4v) is 4.20. The topological polar surface area (TPSA) is 49.4 Å². The predicted octanol–water partition coefficient (Wildman–Crippen LogP) is 2.15. The normalized spacial score (nSPS) is 15.9. The molecule has 2 rings (SSSR count). The highest BCUT2D eigenvalue weighted by Crippen LogP contribution is 2.21. The van der Waals surface area contributed by atoms with Crippen LogP contribution >= 0.6 is 0 Å². The lowest BCUT2D eigenvalue weighted by atomic mass is 10.0. The van der Waals surface area contributed by atoms with Crippen molar-refractivity contribution in [1.82, 2.24) is 9.62 Å². The van der Waals surface area contributed by atoms with Crippen molar-refractivity contribution in [2.75, 3.05) is 25.4 Å². The first kappa shape index (κ1) is 16.5. The van der Waals surface area contributed by atoms with Crippen molar-refractivity contribution in [3.05, 3.63) is 35.4 Å². The molecule has 0 unspecified atom stereocenters.